The van der Waals surface area contributed by atoms with Gasteiger partial charge in [0.05, 0.1) is 13.2 Å². The van der Waals surface area contributed by atoms with E-state index < -0.39 is 17.5 Å². The van der Waals surface area contributed by atoms with Gasteiger partial charge in [-0.3, -0.25) is 0 Å². The predicted molar refractivity (Wildman–Crippen MR) is 82.4 cm³/mol. The fourth-order valence-corrected chi connectivity index (χ4v) is 1.54. The summed E-state index contributed by atoms with van der Waals surface area (Å²) >= 11 is 0. The van der Waals surface area contributed by atoms with E-state index >= 15 is 0 Å². The summed E-state index contributed by atoms with van der Waals surface area (Å²) in [6, 6.07) is 0. The lowest BCUT2D eigenvalue weighted by atomic mass is 10.1. The van der Waals surface area contributed by atoms with Crippen LogP contribution in [0, 0.1) is 0 Å². The second-order valence-corrected chi connectivity index (χ2v) is 4.73. The second-order valence-electron chi connectivity index (χ2n) is 4.73. The van der Waals surface area contributed by atoms with E-state index in [1.165, 1.54) is 0 Å². The lowest BCUT2D eigenvalue weighted by Gasteiger charge is -2.32. The van der Waals surface area contributed by atoms with E-state index in [1.807, 2.05) is 13.8 Å². The quantitative estimate of drug-likeness (QED) is 0.294. The molecule has 0 aromatic rings. The lowest BCUT2D eigenvalue weighted by molar-refractivity contribution is -0.185. The topological polar surface area (TPSA) is 71.1 Å². The van der Waals surface area contributed by atoms with Gasteiger partial charge in [-0.05, 0) is 12.8 Å². The summed E-state index contributed by atoms with van der Waals surface area (Å²) in [5.74, 6) is -1.24. The van der Waals surface area contributed by atoms with Gasteiger partial charge < -0.3 is 18.9 Å². The molecule has 0 unspecified atom stereocenters. The third kappa shape index (κ3) is 8.59. The van der Waals surface area contributed by atoms with Crippen LogP contribution in [-0.4, -0.2) is 50.6 Å². The summed E-state index contributed by atoms with van der Waals surface area (Å²) in [6.07, 6.45) is 3.71. The number of rotatable bonds is 13. The summed E-state index contributed by atoms with van der Waals surface area (Å²) in [6.45, 7) is 11.6. The molecule has 0 aliphatic heterocycles. The summed E-state index contributed by atoms with van der Waals surface area (Å²) in [4.78, 5) is 22.9. The molecule has 6 heteroatoms. The molecule has 0 saturated carbocycles. The number of carbonyl (C=O) groups excluding carboxylic acids is 2. The van der Waals surface area contributed by atoms with E-state index in [0.717, 1.165) is 25.0 Å². The highest BCUT2D eigenvalue weighted by atomic mass is 16.6. The van der Waals surface area contributed by atoms with Gasteiger partial charge in [-0.25, -0.2) is 9.59 Å². The largest absolute Gasteiger partial charge is 0.458 e. The van der Waals surface area contributed by atoms with Crippen LogP contribution in [0.5, 0.6) is 0 Å². The molecular weight excluding hydrogens is 288 g/mol. The zero-order chi connectivity index (χ0) is 16.8. The highest BCUT2D eigenvalue weighted by molar-refractivity contribution is 5.82. The van der Waals surface area contributed by atoms with Crippen molar-refractivity contribution in [1.29, 1.82) is 0 Å². The average Bonchev–Trinajstić information content (AvgIpc) is 2.52. The van der Waals surface area contributed by atoms with Crippen molar-refractivity contribution in [3.05, 3.63) is 25.3 Å². The molecular formula is C16H26O6. The van der Waals surface area contributed by atoms with E-state index in [4.69, 9.17) is 18.9 Å². The van der Waals surface area contributed by atoms with Crippen molar-refractivity contribution in [3.8, 4) is 0 Å². The molecule has 0 heterocycles. The Labute approximate surface area is 132 Å². The minimum absolute atomic E-state index is 0.0640. The molecule has 0 bridgehead atoms. The molecule has 0 aliphatic rings. The van der Waals surface area contributed by atoms with Crippen LogP contribution in [-0.2, 0) is 28.5 Å². The second kappa shape index (κ2) is 11.9. The van der Waals surface area contributed by atoms with Crippen molar-refractivity contribution in [2.24, 2.45) is 0 Å². The summed E-state index contributed by atoms with van der Waals surface area (Å²) in [5, 5.41) is 0. The molecule has 0 spiro atoms. The fourth-order valence-electron chi connectivity index (χ4n) is 1.54. The Kier molecular flexibility index (Phi) is 11.0. The first-order chi connectivity index (χ1) is 10.5. The van der Waals surface area contributed by atoms with Crippen LogP contribution in [0.25, 0.3) is 0 Å². The molecule has 0 amide bonds. The smallest absolute Gasteiger partial charge is 0.330 e. The summed E-state index contributed by atoms with van der Waals surface area (Å²) in [7, 11) is 0. The summed E-state index contributed by atoms with van der Waals surface area (Å²) in [5.41, 5.74) is -1.20. The number of esters is 2. The fraction of sp³-hybridized carbons (Fsp3) is 0.625. The molecule has 0 aromatic carbocycles. The van der Waals surface area contributed by atoms with Gasteiger partial charge in [0.1, 0.15) is 6.61 Å². The van der Waals surface area contributed by atoms with Crippen LogP contribution < -0.4 is 0 Å². The van der Waals surface area contributed by atoms with Crippen molar-refractivity contribution in [2.75, 3.05) is 33.0 Å². The number of carbonyl (C=O) groups is 2. The highest BCUT2D eigenvalue weighted by Gasteiger charge is 2.36. The molecule has 22 heavy (non-hydrogen) atoms. The van der Waals surface area contributed by atoms with Gasteiger partial charge in [-0.15, -0.1) is 0 Å². The van der Waals surface area contributed by atoms with Gasteiger partial charge in [0, 0.05) is 25.4 Å². The van der Waals surface area contributed by atoms with E-state index in [0.29, 0.717) is 13.2 Å². The van der Waals surface area contributed by atoms with Gasteiger partial charge >= 0.3 is 11.9 Å². The Morgan fingerprint density at radius 1 is 0.909 bits per heavy atom. The Morgan fingerprint density at radius 3 is 1.82 bits per heavy atom. The van der Waals surface area contributed by atoms with E-state index in [-0.39, 0.29) is 19.8 Å². The predicted octanol–water partition coefficient (Wildman–Crippen LogP) is 2.04. The first-order valence-corrected chi connectivity index (χ1v) is 7.33. The first-order valence-electron chi connectivity index (χ1n) is 7.33. The summed E-state index contributed by atoms with van der Waals surface area (Å²) < 4.78 is 21.4. The van der Waals surface area contributed by atoms with Gasteiger partial charge in [0.25, 0.3) is 0 Å². The van der Waals surface area contributed by atoms with Crippen molar-refractivity contribution in [1.82, 2.24) is 0 Å². The molecule has 0 radical (unpaired) electrons. The van der Waals surface area contributed by atoms with Crippen LogP contribution >= 0.6 is 0 Å². The van der Waals surface area contributed by atoms with Crippen molar-refractivity contribution in [2.45, 2.75) is 32.3 Å². The third-order valence-corrected chi connectivity index (χ3v) is 2.56. The molecule has 0 saturated heterocycles. The maximum Gasteiger partial charge on any atom is 0.330 e. The molecule has 0 atom stereocenters. The SMILES string of the molecule is C=CC(=O)OCC(COCCC)(COCCC)OC(=O)C=C. The molecule has 126 valence electrons. The molecule has 0 rings (SSSR count). The van der Waals surface area contributed by atoms with Crippen molar-refractivity contribution >= 4 is 11.9 Å². The minimum Gasteiger partial charge on any atom is -0.458 e. The number of hydrogen-bond acceptors (Lipinski definition) is 6. The first kappa shape index (κ1) is 20.3. The maximum absolute atomic E-state index is 11.6. The molecule has 0 N–H and O–H groups in total. The maximum atomic E-state index is 11.6. The van der Waals surface area contributed by atoms with E-state index in [2.05, 4.69) is 13.2 Å². The Bertz CT molecular complexity index is 354. The Morgan fingerprint density at radius 2 is 1.41 bits per heavy atom. The molecule has 0 aromatic heterocycles. The monoisotopic (exact) mass is 314 g/mol. The highest BCUT2D eigenvalue weighted by Crippen LogP contribution is 2.16. The average molecular weight is 314 g/mol. The van der Waals surface area contributed by atoms with E-state index in [9.17, 15) is 9.59 Å². The number of hydrogen-bond donors (Lipinski definition) is 0. The molecule has 0 aliphatic carbocycles. The van der Waals surface area contributed by atoms with Crippen LogP contribution in [0.2, 0.25) is 0 Å². The zero-order valence-corrected chi connectivity index (χ0v) is 13.5. The van der Waals surface area contributed by atoms with Crippen LogP contribution in [0.4, 0.5) is 0 Å². The standard InChI is InChI=1S/C16H26O6/c1-5-9-19-11-16(12-20-10-6-2,22-15(18)8-4)13-21-14(17)7-3/h7-8H,3-6,9-13H2,1-2H3. The van der Waals surface area contributed by atoms with Crippen LogP contribution in [0.3, 0.4) is 0 Å². The van der Waals surface area contributed by atoms with Crippen LogP contribution in [0.15, 0.2) is 25.3 Å². The third-order valence-electron chi connectivity index (χ3n) is 2.56. The Hall–Kier alpha value is -1.66. The minimum atomic E-state index is -1.20. The van der Waals surface area contributed by atoms with E-state index in [1.54, 1.807) is 0 Å². The Balaban J connectivity index is 4.98. The zero-order valence-electron chi connectivity index (χ0n) is 13.5. The van der Waals surface area contributed by atoms with Crippen molar-refractivity contribution in [3.63, 3.8) is 0 Å². The molecule has 0 fully saturated rings. The van der Waals surface area contributed by atoms with Crippen LogP contribution in [0.1, 0.15) is 26.7 Å². The lowest BCUT2D eigenvalue weighted by Crippen LogP contribution is -2.49. The molecule has 6 nitrogen and oxygen atoms in total. The van der Waals surface area contributed by atoms with Gasteiger partial charge in [0.2, 0.25) is 0 Å². The normalized spacial score (nSPS) is 10.8. The number of ether oxygens (including phenoxy) is 4. The van der Waals surface area contributed by atoms with Gasteiger partial charge in [-0.1, -0.05) is 27.0 Å². The van der Waals surface area contributed by atoms with Gasteiger partial charge in [0.15, 0.2) is 5.60 Å². The van der Waals surface area contributed by atoms with Crippen molar-refractivity contribution < 1.29 is 28.5 Å². The van der Waals surface area contributed by atoms with Gasteiger partial charge in [-0.2, -0.15) is 0 Å².